The Kier molecular flexibility index (Phi) is 8.77. The molecule has 0 atom stereocenters. The normalized spacial score (nSPS) is 16.9. The summed E-state index contributed by atoms with van der Waals surface area (Å²) in [6.07, 6.45) is 5.57. The van der Waals surface area contributed by atoms with Crippen LogP contribution in [0, 0.1) is 22.0 Å². The molecule has 1 N–H and O–H groups in total. The predicted octanol–water partition coefficient (Wildman–Crippen LogP) is 4.52. The molecule has 13 heteroatoms. The summed E-state index contributed by atoms with van der Waals surface area (Å²) in [7, 11) is 0. The Morgan fingerprint density at radius 1 is 1.07 bits per heavy atom. The van der Waals surface area contributed by atoms with Crippen molar-refractivity contribution in [1.82, 2.24) is 25.6 Å². The highest BCUT2D eigenvalue weighted by Crippen LogP contribution is 2.38. The molecule has 1 amide bonds. The van der Waals surface area contributed by atoms with Gasteiger partial charge in [-0.15, -0.1) is 10.2 Å². The molecule has 1 aromatic heterocycles. The van der Waals surface area contributed by atoms with Crippen LogP contribution in [0.2, 0.25) is 5.02 Å². The van der Waals surface area contributed by atoms with E-state index in [0.29, 0.717) is 39.5 Å². The summed E-state index contributed by atoms with van der Waals surface area (Å²) in [5, 5.41) is 28.9. The summed E-state index contributed by atoms with van der Waals surface area (Å²) in [4.78, 5) is 29.9. The average molecular weight is 580 g/mol. The van der Waals surface area contributed by atoms with Crippen LogP contribution >= 0.6 is 11.6 Å². The number of halogens is 1. The van der Waals surface area contributed by atoms with E-state index in [1.54, 1.807) is 24.3 Å². The number of tetrazole rings is 1. The quantitative estimate of drug-likeness (QED) is 0.234. The number of rotatable bonds is 8. The Morgan fingerprint density at radius 2 is 1.71 bits per heavy atom. The van der Waals surface area contributed by atoms with Crippen molar-refractivity contribution in [3.05, 3.63) is 57.1 Å². The van der Waals surface area contributed by atoms with Crippen molar-refractivity contribution in [1.29, 1.82) is 0 Å². The maximum atomic E-state index is 12.6. The molecule has 41 heavy (non-hydrogen) atoms. The van der Waals surface area contributed by atoms with Gasteiger partial charge in [-0.3, -0.25) is 14.9 Å². The van der Waals surface area contributed by atoms with Gasteiger partial charge in [-0.1, -0.05) is 37.6 Å². The molecule has 2 aromatic carbocycles. The Hall–Kier alpha value is -4.06. The molecule has 216 valence electrons. The molecule has 0 aliphatic carbocycles. The van der Waals surface area contributed by atoms with Gasteiger partial charge in [0.1, 0.15) is 12.2 Å². The Bertz CT molecular complexity index is 1430. The fourth-order valence-electron chi connectivity index (χ4n) is 5.26. The summed E-state index contributed by atoms with van der Waals surface area (Å²) < 4.78 is 0. The molecule has 2 saturated heterocycles. The number of hydrogen-bond acceptors (Lipinski definition) is 9. The molecule has 3 aromatic rings. The van der Waals surface area contributed by atoms with E-state index < -0.39 is 5.91 Å². The first-order chi connectivity index (χ1) is 19.8. The van der Waals surface area contributed by atoms with E-state index in [2.05, 4.69) is 49.6 Å². The number of piperidine rings is 2. The number of nitro benzene ring substituents is 1. The van der Waals surface area contributed by atoms with E-state index in [-0.39, 0.29) is 17.2 Å². The van der Waals surface area contributed by atoms with Crippen molar-refractivity contribution >= 4 is 40.8 Å². The van der Waals surface area contributed by atoms with E-state index in [0.717, 1.165) is 62.3 Å². The molecular formula is C28H34ClN9O3. The summed E-state index contributed by atoms with van der Waals surface area (Å²) in [5.41, 5.74) is 5.25. The number of amides is 1. The zero-order valence-electron chi connectivity index (χ0n) is 23.2. The van der Waals surface area contributed by atoms with E-state index in [1.165, 1.54) is 6.21 Å². The molecule has 0 unspecified atom stereocenters. The number of nitrogens with one attached hydrogen (secondary N) is 1. The van der Waals surface area contributed by atoms with Crippen molar-refractivity contribution < 1.29 is 9.72 Å². The van der Waals surface area contributed by atoms with Gasteiger partial charge in [-0.2, -0.15) is 9.90 Å². The highest BCUT2D eigenvalue weighted by molar-refractivity contribution is 6.33. The van der Waals surface area contributed by atoms with Crippen LogP contribution in [-0.4, -0.2) is 63.4 Å². The Labute approximate surface area is 243 Å². The van der Waals surface area contributed by atoms with Crippen molar-refractivity contribution in [3.63, 3.8) is 0 Å². The highest BCUT2D eigenvalue weighted by atomic mass is 35.5. The van der Waals surface area contributed by atoms with Gasteiger partial charge in [0.2, 0.25) is 5.82 Å². The molecule has 12 nitrogen and oxygen atoms in total. The second-order valence-electron chi connectivity index (χ2n) is 10.9. The van der Waals surface area contributed by atoms with Gasteiger partial charge in [0.05, 0.1) is 16.2 Å². The van der Waals surface area contributed by atoms with E-state index >= 15 is 0 Å². The van der Waals surface area contributed by atoms with E-state index in [9.17, 15) is 14.9 Å². The van der Waals surface area contributed by atoms with Gasteiger partial charge in [0, 0.05) is 49.1 Å². The van der Waals surface area contributed by atoms with Gasteiger partial charge in [-0.25, -0.2) is 5.43 Å². The maximum absolute atomic E-state index is 12.6. The van der Waals surface area contributed by atoms with E-state index in [4.69, 9.17) is 11.6 Å². The number of carbonyl (C=O) groups is 1. The number of anilines is 2. The minimum absolute atomic E-state index is 0.0420. The zero-order valence-corrected chi connectivity index (χ0v) is 24.0. The predicted molar refractivity (Wildman–Crippen MR) is 158 cm³/mol. The molecule has 0 bridgehead atoms. The second kappa shape index (κ2) is 12.6. The van der Waals surface area contributed by atoms with Gasteiger partial charge in [0.25, 0.3) is 11.6 Å². The van der Waals surface area contributed by atoms with E-state index in [1.807, 2.05) is 12.1 Å². The zero-order chi connectivity index (χ0) is 28.9. The Morgan fingerprint density at radius 3 is 2.34 bits per heavy atom. The van der Waals surface area contributed by atoms with Gasteiger partial charge >= 0.3 is 0 Å². The highest BCUT2D eigenvalue weighted by Gasteiger charge is 2.28. The fraction of sp³-hybridized carbons (Fsp3) is 0.464. The summed E-state index contributed by atoms with van der Waals surface area (Å²) in [6.45, 7) is 7.54. The van der Waals surface area contributed by atoms with Crippen molar-refractivity contribution in [3.8, 4) is 11.4 Å². The lowest BCUT2D eigenvalue weighted by atomic mass is 9.96. The third kappa shape index (κ3) is 6.82. The minimum Gasteiger partial charge on any atom is -0.371 e. The summed E-state index contributed by atoms with van der Waals surface area (Å²) >= 11 is 6.20. The minimum atomic E-state index is -0.466. The van der Waals surface area contributed by atoms with Crippen LogP contribution in [0.25, 0.3) is 11.4 Å². The topological polar surface area (TPSA) is 135 Å². The third-order valence-corrected chi connectivity index (χ3v) is 8.14. The average Bonchev–Trinajstić information content (AvgIpc) is 3.42. The van der Waals surface area contributed by atoms with Crippen LogP contribution in [-0.2, 0) is 11.3 Å². The third-order valence-electron chi connectivity index (χ3n) is 7.81. The van der Waals surface area contributed by atoms with Crippen LogP contribution in [0.15, 0.2) is 41.5 Å². The monoisotopic (exact) mass is 579 g/mol. The number of benzene rings is 2. The maximum Gasteiger partial charge on any atom is 0.293 e. The first-order valence-corrected chi connectivity index (χ1v) is 14.3. The number of aromatic nitrogens is 4. The van der Waals surface area contributed by atoms with Crippen LogP contribution in [0.3, 0.4) is 0 Å². The molecule has 0 saturated carbocycles. The number of carbonyl (C=O) groups excluding carboxylic acids is 1. The number of nitro groups is 1. The van der Waals surface area contributed by atoms with Crippen LogP contribution in [0.4, 0.5) is 17.1 Å². The molecule has 0 radical (unpaired) electrons. The van der Waals surface area contributed by atoms with Crippen molar-refractivity contribution in [2.45, 2.75) is 46.1 Å². The second-order valence-corrected chi connectivity index (χ2v) is 11.3. The van der Waals surface area contributed by atoms with Crippen LogP contribution < -0.4 is 15.2 Å². The molecule has 2 fully saturated rings. The molecular weight excluding hydrogens is 546 g/mol. The summed E-state index contributed by atoms with van der Waals surface area (Å²) in [5.74, 6) is 1.08. The molecule has 3 heterocycles. The summed E-state index contributed by atoms with van der Waals surface area (Å²) in [6, 6.07) is 10.6. The Balaban J connectivity index is 1.35. The number of hydrogen-bond donors (Lipinski definition) is 1. The van der Waals surface area contributed by atoms with Gasteiger partial charge in [-0.05, 0) is 60.9 Å². The molecule has 5 rings (SSSR count). The van der Waals surface area contributed by atoms with Gasteiger partial charge in [0.15, 0.2) is 0 Å². The first kappa shape index (κ1) is 28.5. The van der Waals surface area contributed by atoms with Crippen LogP contribution in [0.5, 0.6) is 0 Å². The number of hydrazone groups is 1. The van der Waals surface area contributed by atoms with Crippen LogP contribution in [0.1, 0.15) is 45.1 Å². The number of nitrogens with zero attached hydrogens (tertiary/aromatic N) is 8. The van der Waals surface area contributed by atoms with Crippen molar-refractivity contribution in [2.75, 3.05) is 36.0 Å². The fourth-order valence-corrected chi connectivity index (χ4v) is 5.48. The smallest absolute Gasteiger partial charge is 0.293 e. The SMILES string of the molecule is CC1CCN(c2cc(N3CCC(C)CC3)c([N+](=O)[O-])cc2/C=N\NC(=O)Cn2nnc(-c3ccccc3Cl)n2)CC1. The molecule has 0 spiro atoms. The van der Waals surface area contributed by atoms with Crippen molar-refractivity contribution in [2.24, 2.45) is 16.9 Å². The lowest BCUT2D eigenvalue weighted by Gasteiger charge is -2.35. The standard InChI is InChI=1S/C28H34ClN9O3/c1-19-7-11-35(12-8-19)24-16-25(36-13-9-20(2)10-14-36)26(38(40)41)15-21(24)17-30-31-27(39)18-37-33-28(32-34-37)22-5-3-4-6-23(22)29/h3-6,15-17,19-20H,7-14,18H2,1-2H3,(H,31,39)/b30-17-. The largest absolute Gasteiger partial charge is 0.371 e. The first-order valence-electron chi connectivity index (χ1n) is 14.0. The lowest BCUT2D eigenvalue weighted by molar-refractivity contribution is -0.384. The lowest BCUT2D eigenvalue weighted by Crippen LogP contribution is -2.35. The van der Waals surface area contributed by atoms with Gasteiger partial charge < -0.3 is 9.80 Å². The molecule has 2 aliphatic heterocycles. The molecule has 2 aliphatic rings.